The lowest BCUT2D eigenvalue weighted by molar-refractivity contribution is -0.697. The molecule has 0 saturated heterocycles. The summed E-state index contributed by atoms with van der Waals surface area (Å²) in [5, 5.41) is 4.75. The van der Waals surface area contributed by atoms with E-state index in [9.17, 15) is 12.8 Å². The summed E-state index contributed by atoms with van der Waals surface area (Å²) in [6.07, 6.45) is 4.18. The van der Waals surface area contributed by atoms with Crippen LogP contribution in [0.2, 0.25) is 0 Å². The van der Waals surface area contributed by atoms with Crippen LogP contribution >= 0.6 is 0 Å². The molecule has 1 heterocycles. The van der Waals surface area contributed by atoms with Gasteiger partial charge in [0, 0.05) is 23.2 Å². The molecule has 146 valence electrons. The van der Waals surface area contributed by atoms with Crippen LogP contribution in [0.4, 0.5) is 10.1 Å². The number of anilines is 1. The average Bonchev–Trinajstić information content (AvgIpc) is 3.53. The van der Waals surface area contributed by atoms with Crippen LogP contribution in [0, 0.1) is 11.9 Å². The Kier molecular flexibility index (Phi) is 4.83. The third-order valence-electron chi connectivity index (χ3n) is 5.37. The zero-order chi connectivity index (χ0) is 19.9. The normalized spacial score (nSPS) is 14.4. The fraction of sp³-hybridized carbons (Fsp3) is 0.318. The summed E-state index contributed by atoms with van der Waals surface area (Å²) in [7, 11) is -1.68. The first-order valence-electron chi connectivity index (χ1n) is 9.58. The van der Waals surface area contributed by atoms with Gasteiger partial charge in [0.15, 0.2) is 16.0 Å². The summed E-state index contributed by atoms with van der Waals surface area (Å²) < 4.78 is 41.0. The summed E-state index contributed by atoms with van der Waals surface area (Å²) in [6.45, 7) is 2.50. The SMILES string of the molecule is CCS(=O)(=O)c1ccc(NCC2CC2)c(-c2c[n+](C)c(F)c3ccccc23)c1. The topological polar surface area (TPSA) is 50.1 Å². The van der Waals surface area contributed by atoms with Gasteiger partial charge in [-0.05, 0) is 43.0 Å². The number of aryl methyl sites for hydroxylation is 1. The molecule has 1 aliphatic rings. The maximum atomic E-state index is 14.6. The van der Waals surface area contributed by atoms with Gasteiger partial charge < -0.3 is 5.32 Å². The number of benzene rings is 2. The van der Waals surface area contributed by atoms with Crippen LogP contribution < -0.4 is 9.88 Å². The van der Waals surface area contributed by atoms with Gasteiger partial charge in [-0.1, -0.05) is 25.1 Å². The molecule has 0 atom stereocenters. The number of halogens is 1. The van der Waals surface area contributed by atoms with Crippen LogP contribution in [0.5, 0.6) is 0 Å². The molecule has 0 spiro atoms. The van der Waals surface area contributed by atoms with Crippen molar-refractivity contribution in [2.24, 2.45) is 13.0 Å². The molecule has 1 N–H and O–H groups in total. The highest BCUT2D eigenvalue weighted by Gasteiger charge is 2.24. The summed E-state index contributed by atoms with van der Waals surface area (Å²) in [5.41, 5.74) is 2.46. The van der Waals surface area contributed by atoms with E-state index in [0.717, 1.165) is 28.7 Å². The van der Waals surface area contributed by atoms with Crippen molar-refractivity contribution >= 4 is 26.3 Å². The van der Waals surface area contributed by atoms with Crippen molar-refractivity contribution in [1.82, 2.24) is 0 Å². The molecular weight excluding hydrogens is 375 g/mol. The number of hydrogen-bond donors (Lipinski definition) is 1. The molecule has 6 heteroatoms. The third kappa shape index (κ3) is 3.49. The van der Waals surface area contributed by atoms with Gasteiger partial charge in [-0.3, -0.25) is 0 Å². The lowest BCUT2D eigenvalue weighted by atomic mass is 9.99. The van der Waals surface area contributed by atoms with Crippen molar-refractivity contribution in [3.63, 3.8) is 0 Å². The molecule has 0 radical (unpaired) electrons. The highest BCUT2D eigenvalue weighted by molar-refractivity contribution is 7.91. The monoisotopic (exact) mass is 399 g/mol. The molecule has 0 amide bonds. The van der Waals surface area contributed by atoms with Crippen molar-refractivity contribution < 1.29 is 17.4 Å². The molecule has 1 saturated carbocycles. The van der Waals surface area contributed by atoms with Gasteiger partial charge in [-0.15, -0.1) is 4.39 Å². The van der Waals surface area contributed by atoms with E-state index in [-0.39, 0.29) is 16.6 Å². The van der Waals surface area contributed by atoms with Crippen molar-refractivity contribution in [3.05, 3.63) is 54.6 Å². The predicted molar refractivity (Wildman–Crippen MR) is 109 cm³/mol. The Morgan fingerprint density at radius 1 is 1.11 bits per heavy atom. The Labute approximate surface area is 164 Å². The maximum absolute atomic E-state index is 14.6. The Bertz CT molecular complexity index is 1150. The first-order valence-corrected chi connectivity index (χ1v) is 11.2. The molecule has 2 aromatic carbocycles. The van der Waals surface area contributed by atoms with Crippen molar-refractivity contribution in [2.45, 2.75) is 24.7 Å². The van der Waals surface area contributed by atoms with E-state index in [4.69, 9.17) is 0 Å². The number of nitrogens with zero attached hydrogens (tertiary/aromatic N) is 1. The van der Waals surface area contributed by atoms with Gasteiger partial charge >= 0.3 is 5.95 Å². The molecule has 0 aliphatic heterocycles. The van der Waals surface area contributed by atoms with Crippen molar-refractivity contribution in [1.29, 1.82) is 0 Å². The van der Waals surface area contributed by atoms with E-state index in [1.165, 1.54) is 17.4 Å². The van der Waals surface area contributed by atoms with Gasteiger partial charge in [0.2, 0.25) is 0 Å². The number of sulfone groups is 1. The Balaban J connectivity index is 1.95. The Morgan fingerprint density at radius 3 is 2.50 bits per heavy atom. The van der Waals surface area contributed by atoms with E-state index in [1.54, 1.807) is 44.4 Å². The smallest absolute Gasteiger partial charge is 0.367 e. The minimum atomic E-state index is -3.34. The van der Waals surface area contributed by atoms with Gasteiger partial charge in [-0.25, -0.2) is 8.42 Å². The second-order valence-electron chi connectivity index (χ2n) is 7.43. The molecular formula is C22H24FN2O2S+. The standard InChI is InChI=1S/C22H24FN2O2S/c1-3-28(26,27)16-10-11-21(24-13-15-8-9-15)19(12-16)20-14-25(2)22(23)18-7-5-4-6-17(18)20/h4-7,10-12,14-15,24H,3,8-9,13H2,1-2H3/q+1. The van der Waals surface area contributed by atoms with Gasteiger partial charge in [-0.2, -0.15) is 4.57 Å². The first-order chi connectivity index (χ1) is 13.4. The Hall–Kier alpha value is -2.47. The number of rotatable bonds is 6. The lowest BCUT2D eigenvalue weighted by Crippen LogP contribution is -2.33. The van der Waals surface area contributed by atoms with Gasteiger partial charge in [0.05, 0.1) is 21.6 Å². The molecule has 0 bridgehead atoms. The Morgan fingerprint density at radius 2 is 1.82 bits per heavy atom. The summed E-state index contributed by atoms with van der Waals surface area (Å²) in [6, 6.07) is 12.5. The van der Waals surface area contributed by atoms with Crippen LogP contribution in [-0.4, -0.2) is 20.7 Å². The molecule has 4 nitrogen and oxygen atoms in total. The zero-order valence-electron chi connectivity index (χ0n) is 16.1. The molecule has 0 unspecified atom stereocenters. The van der Waals surface area contributed by atoms with E-state index in [1.807, 2.05) is 18.2 Å². The molecule has 28 heavy (non-hydrogen) atoms. The molecule has 4 rings (SSSR count). The number of pyridine rings is 1. The number of fused-ring (bicyclic) bond motifs is 1. The summed E-state index contributed by atoms with van der Waals surface area (Å²) >= 11 is 0. The molecule has 1 aromatic heterocycles. The molecule has 1 aliphatic carbocycles. The number of hydrogen-bond acceptors (Lipinski definition) is 3. The fourth-order valence-corrected chi connectivity index (χ4v) is 4.37. The largest absolute Gasteiger partial charge is 0.384 e. The quantitative estimate of drug-likeness (QED) is 0.502. The van der Waals surface area contributed by atoms with E-state index < -0.39 is 9.84 Å². The van der Waals surface area contributed by atoms with Crippen molar-refractivity contribution in [3.8, 4) is 11.1 Å². The second-order valence-corrected chi connectivity index (χ2v) is 9.70. The van der Waals surface area contributed by atoms with Crippen LogP contribution in [0.15, 0.2) is 53.6 Å². The average molecular weight is 400 g/mol. The van der Waals surface area contributed by atoms with E-state index >= 15 is 0 Å². The summed E-state index contributed by atoms with van der Waals surface area (Å²) in [5.74, 6) is 0.399. The van der Waals surface area contributed by atoms with Gasteiger partial charge in [0.1, 0.15) is 7.05 Å². The second kappa shape index (κ2) is 7.17. The minimum Gasteiger partial charge on any atom is -0.384 e. The zero-order valence-corrected chi connectivity index (χ0v) is 16.9. The maximum Gasteiger partial charge on any atom is 0.367 e. The van der Waals surface area contributed by atoms with Crippen LogP contribution in [-0.2, 0) is 16.9 Å². The van der Waals surface area contributed by atoms with Crippen LogP contribution in [0.25, 0.3) is 21.9 Å². The highest BCUT2D eigenvalue weighted by atomic mass is 32.2. The third-order valence-corrected chi connectivity index (χ3v) is 7.10. The fourth-order valence-electron chi connectivity index (χ4n) is 3.46. The first kappa shape index (κ1) is 18.9. The van der Waals surface area contributed by atoms with E-state index in [2.05, 4.69) is 5.32 Å². The number of aromatic nitrogens is 1. The number of nitrogens with one attached hydrogen (secondary N) is 1. The minimum absolute atomic E-state index is 0.0409. The highest BCUT2D eigenvalue weighted by Crippen LogP contribution is 2.36. The molecule has 3 aromatic rings. The molecule has 1 fully saturated rings. The van der Waals surface area contributed by atoms with E-state index in [0.29, 0.717) is 11.3 Å². The van der Waals surface area contributed by atoms with Crippen molar-refractivity contribution in [2.75, 3.05) is 17.6 Å². The lowest BCUT2D eigenvalue weighted by Gasteiger charge is -2.15. The summed E-state index contributed by atoms with van der Waals surface area (Å²) in [4.78, 5) is 0.290. The predicted octanol–water partition coefficient (Wildman–Crippen LogP) is 4.09. The van der Waals surface area contributed by atoms with Crippen LogP contribution in [0.1, 0.15) is 19.8 Å². The van der Waals surface area contributed by atoms with Crippen LogP contribution in [0.3, 0.4) is 0 Å². The van der Waals surface area contributed by atoms with Gasteiger partial charge in [0.25, 0.3) is 0 Å².